The highest BCUT2D eigenvalue weighted by Crippen LogP contribution is 2.38. The zero-order valence-corrected chi connectivity index (χ0v) is 14.9. The number of nitrogens with zero attached hydrogens (tertiary/aromatic N) is 5. The molecule has 7 nitrogen and oxygen atoms in total. The number of alkyl halides is 6. The Labute approximate surface area is 168 Å². The summed E-state index contributed by atoms with van der Waals surface area (Å²) in [6.45, 7) is 0. The average molecular weight is 446 g/mol. The number of hydrogen-bond acceptors (Lipinski definition) is 5. The minimum Gasteiger partial charge on any atom is -0.366 e. The molecule has 1 aromatic carbocycles. The van der Waals surface area contributed by atoms with E-state index in [9.17, 15) is 35.5 Å². The molecule has 31 heavy (non-hydrogen) atoms. The minimum atomic E-state index is -5.04. The Morgan fingerprint density at radius 2 is 1.48 bits per heavy atom. The first-order chi connectivity index (χ1) is 14.3. The minimum absolute atomic E-state index is 0.00984. The predicted molar refractivity (Wildman–Crippen MR) is 90.8 cm³/mol. The van der Waals surface area contributed by atoms with Gasteiger partial charge in [0.05, 0.1) is 16.7 Å². The number of carbonyl (C=O) groups is 1. The van der Waals surface area contributed by atoms with Crippen molar-refractivity contribution in [2.45, 2.75) is 12.4 Å². The van der Waals surface area contributed by atoms with Crippen LogP contribution in [-0.4, -0.2) is 30.6 Å². The van der Waals surface area contributed by atoms with E-state index in [1.807, 2.05) is 0 Å². The molecule has 2 aromatic heterocycles. The van der Waals surface area contributed by atoms with Crippen molar-refractivity contribution in [3.8, 4) is 11.4 Å². The van der Waals surface area contributed by atoms with Crippen LogP contribution in [-0.2, 0) is 17.1 Å². The number of rotatable bonds is 4. The van der Waals surface area contributed by atoms with Crippen LogP contribution in [0.2, 0.25) is 0 Å². The van der Waals surface area contributed by atoms with E-state index in [2.05, 4.69) is 20.1 Å². The first-order valence-electron chi connectivity index (χ1n) is 8.05. The number of halogens is 7. The highest BCUT2D eigenvalue weighted by molar-refractivity contribution is 6.22. The molecular weight excluding hydrogens is 437 g/mol. The summed E-state index contributed by atoms with van der Waals surface area (Å²) < 4.78 is 91.8. The van der Waals surface area contributed by atoms with Gasteiger partial charge in [-0.3, -0.25) is 4.79 Å². The molecule has 0 aliphatic heterocycles. The third-order valence-electron chi connectivity index (χ3n) is 3.81. The molecule has 0 atom stereocenters. The fourth-order valence-electron chi connectivity index (χ4n) is 2.42. The first kappa shape index (κ1) is 21.9. The second-order valence-electron chi connectivity index (χ2n) is 5.99. The maximum atomic E-state index is 13.0. The lowest BCUT2D eigenvalue weighted by molar-refractivity contribution is -0.143. The Kier molecular flexibility index (Phi) is 5.48. The van der Waals surface area contributed by atoms with Crippen molar-refractivity contribution in [1.29, 1.82) is 0 Å². The molecule has 3 aromatic rings. The molecule has 0 aliphatic carbocycles. The lowest BCUT2D eigenvalue weighted by Gasteiger charge is -2.13. The summed E-state index contributed by atoms with van der Waals surface area (Å²) in [6.07, 6.45) is -7.36. The topological polar surface area (TPSA) is 99.6 Å². The smallest absolute Gasteiger partial charge is 0.366 e. The normalized spacial score (nSPS) is 12.8. The van der Waals surface area contributed by atoms with Gasteiger partial charge >= 0.3 is 18.4 Å². The molecule has 14 heteroatoms. The largest absolute Gasteiger partial charge is 0.416 e. The fraction of sp³-hybridized carbons (Fsp3) is 0.118. The van der Waals surface area contributed by atoms with Gasteiger partial charge in [-0.25, -0.2) is 19.6 Å². The number of nitrogens with two attached hydrogens (primary N) is 1. The van der Waals surface area contributed by atoms with E-state index < -0.39 is 46.9 Å². The Hall–Kier alpha value is -3.84. The molecule has 0 aliphatic rings. The SMILES string of the molecule is NC(=O)/C(=C\n1cnc(-c2cc(C(F)(F)F)cc(C(F)(F)F)c2)n1)c1cnc(F)nc1. The van der Waals surface area contributed by atoms with Crippen molar-refractivity contribution in [1.82, 2.24) is 24.7 Å². The van der Waals surface area contributed by atoms with Crippen LogP contribution < -0.4 is 5.73 Å². The molecule has 0 saturated heterocycles. The van der Waals surface area contributed by atoms with Crippen LogP contribution in [0.4, 0.5) is 30.7 Å². The predicted octanol–water partition coefficient (Wildman–Crippen LogP) is 3.40. The van der Waals surface area contributed by atoms with Crippen LogP contribution in [0.25, 0.3) is 23.2 Å². The number of primary amides is 1. The lowest BCUT2D eigenvalue weighted by Crippen LogP contribution is -2.14. The van der Waals surface area contributed by atoms with E-state index in [0.717, 1.165) is 29.6 Å². The van der Waals surface area contributed by atoms with Crippen molar-refractivity contribution >= 4 is 17.7 Å². The summed E-state index contributed by atoms with van der Waals surface area (Å²) in [6, 6.07) is 0.892. The van der Waals surface area contributed by atoms with E-state index in [4.69, 9.17) is 5.73 Å². The number of carbonyl (C=O) groups excluding carboxylic acids is 1. The summed E-state index contributed by atoms with van der Waals surface area (Å²) in [5.41, 5.74) is 1.33. The molecule has 0 unspecified atom stereocenters. The van der Waals surface area contributed by atoms with Gasteiger partial charge in [0.25, 0.3) is 5.91 Å². The van der Waals surface area contributed by atoms with Crippen molar-refractivity contribution in [3.05, 3.63) is 59.7 Å². The second-order valence-corrected chi connectivity index (χ2v) is 5.99. The number of hydrogen-bond donors (Lipinski definition) is 1. The second kappa shape index (κ2) is 7.77. The molecule has 0 spiro atoms. The van der Waals surface area contributed by atoms with Gasteiger partial charge in [-0.05, 0) is 18.2 Å². The summed E-state index contributed by atoms with van der Waals surface area (Å²) in [7, 11) is 0. The summed E-state index contributed by atoms with van der Waals surface area (Å²) in [5, 5.41) is 3.76. The van der Waals surface area contributed by atoms with Crippen LogP contribution in [0.1, 0.15) is 16.7 Å². The van der Waals surface area contributed by atoms with E-state index in [1.165, 1.54) is 0 Å². The molecular formula is C17H9F7N6O. The quantitative estimate of drug-likeness (QED) is 0.376. The average Bonchev–Trinajstić information content (AvgIpc) is 3.14. The van der Waals surface area contributed by atoms with Gasteiger partial charge in [0.15, 0.2) is 5.82 Å². The Bertz CT molecular complexity index is 1120. The van der Waals surface area contributed by atoms with Crippen molar-refractivity contribution < 1.29 is 35.5 Å². The molecule has 3 rings (SSSR count). The van der Waals surface area contributed by atoms with Crippen molar-refractivity contribution in [2.24, 2.45) is 5.73 Å². The third-order valence-corrected chi connectivity index (χ3v) is 3.81. The Morgan fingerprint density at radius 1 is 0.935 bits per heavy atom. The molecule has 1 amide bonds. The Morgan fingerprint density at radius 3 is 1.97 bits per heavy atom. The van der Waals surface area contributed by atoms with Gasteiger partial charge in [-0.15, -0.1) is 5.10 Å². The zero-order valence-electron chi connectivity index (χ0n) is 14.9. The molecule has 162 valence electrons. The molecule has 0 saturated carbocycles. The molecule has 0 bridgehead atoms. The first-order valence-corrected chi connectivity index (χ1v) is 8.05. The maximum Gasteiger partial charge on any atom is 0.416 e. The highest BCUT2D eigenvalue weighted by Gasteiger charge is 2.37. The summed E-state index contributed by atoms with van der Waals surface area (Å²) in [5.74, 6) is -1.49. The maximum absolute atomic E-state index is 13.0. The van der Waals surface area contributed by atoms with Gasteiger partial charge in [-0.2, -0.15) is 30.7 Å². The fourth-order valence-corrected chi connectivity index (χ4v) is 2.42. The monoisotopic (exact) mass is 446 g/mol. The van der Waals surface area contributed by atoms with Crippen LogP contribution in [0.15, 0.2) is 36.9 Å². The molecule has 0 radical (unpaired) electrons. The van der Waals surface area contributed by atoms with Crippen LogP contribution in [0, 0.1) is 6.08 Å². The summed E-state index contributed by atoms with van der Waals surface area (Å²) in [4.78, 5) is 21.9. The van der Waals surface area contributed by atoms with Crippen LogP contribution in [0.5, 0.6) is 0 Å². The van der Waals surface area contributed by atoms with Gasteiger partial charge in [0, 0.05) is 29.7 Å². The molecule has 2 heterocycles. The number of benzene rings is 1. The van der Waals surface area contributed by atoms with Gasteiger partial charge in [-0.1, -0.05) is 0 Å². The summed E-state index contributed by atoms with van der Waals surface area (Å²) >= 11 is 0. The number of amides is 1. The standard InChI is InChI=1S/C17H9F7N6O/c18-15-26-4-9(5-27-15)12(13(25)31)6-30-7-28-14(29-30)8-1-10(16(19,20)21)3-11(2-8)17(22,23)24/h1-7H,(H2,25,31)/b12-6-. The molecule has 0 fully saturated rings. The van der Waals surface area contributed by atoms with E-state index in [0.29, 0.717) is 12.1 Å². The van der Waals surface area contributed by atoms with Gasteiger partial charge in [0.1, 0.15) is 6.33 Å². The zero-order chi connectivity index (χ0) is 23.0. The highest BCUT2D eigenvalue weighted by atomic mass is 19.4. The third kappa shape index (κ3) is 5.02. The van der Waals surface area contributed by atoms with Crippen molar-refractivity contribution in [2.75, 3.05) is 0 Å². The van der Waals surface area contributed by atoms with E-state index in [1.54, 1.807) is 0 Å². The lowest BCUT2D eigenvalue weighted by atomic mass is 10.0. The van der Waals surface area contributed by atoms with Crippen molar-refractivity contribution in [3.63, 3.8) is 0 Å². The van der Waals surface area contributed by atoms with Crippen LogP contribution in [0.3, 0.4) is 0 Å². The van der Waals surface area contributed by atoms with Gasteiger partial charge in [0.2, 0.25) is 0 Å². The number of aromatic nitrogens is 5. The van der Waals surface area contributed by atoms with E-state index in [-0.39, 0.29) is 17.2 Å². The molecule has 2 N–H and O–H groups in total. The van der Waals surface area contributed by atoms with E-state index >= 15 is 0 Å². The Balaban J connectivity index is 2.06. The van der Waals surface area contributed by atoms with Gasteiger partial charge < -0.3 is 5.73 Å². The van der Waals surface area contributed by atoms with Crippen LogP contribution >= 0.6 is 0 Å².